The number of primary amides is 1. The Balaban J connectivity index is 2.39. The molecule has 6 heteroatoms. The highest BCUT2D eigenvalue weighted by Crippen LogP contribution is 2.33. The van der Waals surface area contributed by atoms with E-state index in [1.807, 2.05) is 0 Å². The van der Waals surface area contributed by atoms with E-state index in [1.54, 1.807) is 4.90 Å². The summed E-state index contributed by atoms with van der Waals surface area (Å²) in [4.78, 5) is 12.8. The molecule has 1 aliphatic carbocycles. The second kappa shape index (κ2) is 5.42. The molecule has 1 fully saturated rings. The van der Waals surface area contributed by atoms with E-state index < -0.39 is 17.5 Å². The first-order valence-corrected chi connectivity index (χ1v) is 6.28. The maximum absolute atomic E-state index is 13.5. The molecule has 0 atom stereocenters. The molecular weight excluding hydrogens is 252 g/mol. The lowest BCUT2D eigenvalue weighted by molar-refractivity contribution is -0.116. The number of carbonyl (C=O) groups is 1. The molecule has 4 nitrogen and oxygen atoms in total. The summed E-state index contributed by atoms with van der Waals surface area (Å²) in [6.07, 6.45) is 3.78. The molecule has 0 aliphatic heterocycles. The van der Waals surface area contributed by atoms with E-state index in [0.717, 1.165) is 37.8 Å². The van der Waals surface area contributed by atoms with Gasteiger partial charge < -0.3 is 16.4 Å². The Hall–Kier alpha value is -1.85. The molecule has 2 rings (SSSR count). The first kappa shape index (κ1) is 13.6. The van der Waals surface area contributed by atoms with Crippen LogP contribution in [0.4, 0.5) is 20.2 Å². The lowest BCUT2D eigenvalue weighted by Gasteiger charge is -2.31. The third-order valence-corrected chi connectivity index (χ3v) is 3.47. The number of anilines is 2. The summed E-state index contributed by atoms with van der Waals surface area (Å²) in [6, 6.07) is 1.94. The van der Waals surface area contributed by atoms with Crippen LogP contribution in [0.15, 0.2) is 12.1 Å². The average Bonchev–Trinajstić information content (AvgIpc) is 2.84. The number of nitrogen functional groups attached to an aromatic ring is 1. The molecule has 0 spiro atoms. The van der Waals surface area contributed by atoms with E-state index >= 15 is 0 Å². The predicted octanol–water partition coefficient (Wildman–Crippen LogP) is 1.78. The summed E-state index contributed by atoms with van der Waals surface area (Å²) in [7, 11) is 0. The standard InChI is InChI=1S/C13H17F2N3O/c14-8-5-10(15)13(17)11(6-8)18(7-12(16)19)9-3-1-2-4-9/h5-6,9H,1-4,7,17H2,(H2,16,19). The van der Waals surface area contributed by atoms with Gasteiger partial charge in [0.25, 0.3) is 0 Å². The molecule has 4 N–H and O–H groups in total. The summed E-state index contributed by atoms with van der Waals surface area (Å²) in [5.41, 5.74) is 10.9. The predicted molar refractivity (Wildman–Crippen MR) is 69.6 cm³/mol. The lowest BCUT2D eigenvalue weighted by Crippen LogP contribution is -2.40. The third kappa shape index (κ3) is 2.94. The number of benzene rings is 1. The SMILES string of the molecule is NC(=O)CN(c1cc(F)cc(F)c1N)C1CCCC1. The highest BCUT2D eigenvalue weighted by Gasteiger charge is 2.26. The third-order valence-electron chi connectivity index (χ3n) is 3.47. The van der Waals surface area contributed by atoms with Gasteiger partial charge in [-0.05, 0) is 18.9 Å². The summed E-state index contributed by atoms with van der Waals surface area (Å²) < 4.78 is 26.9. The van der Waals surface area contributed by atoms with Crippen molar-refractivity contribution in [2.24, 2.45) is 5.73 Å². The quantitative estimate of drug-likeness (QED) is 0.818. The van der Waals surface area contributed by atoms with Crippen molar-refractivity contribution in [3.8, 4) is 0 Å². The largest absolute Gasteiger partial charge is 0.395 e. The zero-order valence-electron chi connectivity index (χ0n) is 10.5. The fourth-order valence-electron chi connectivity index (χ4n) is 2.60. The van der Waals surface area contributed by atoms with Crippen molar-refractivity contribution >= 4 is 17.3 Å². The summed E-state index contributed by atoms with van der Waals surface area (Å²) >= 11 is 0. The number of halogens is 2. The second-order valence-corrected chi connectivity index (χ2v) is 4.85. The number of amides is 1. The molecule has 0 unspecified atom stereocenters. The fraction of sp³-hybridized carbons (Fsp3) is 0.462. The van der Waals surface area contributed by atoms with Crippen LogP contribution in [0.25, 0.3) is 0 Å². The molecule has 1 saturated carbocycles. The van der Waals surface area contributed by atoms with Crippen molar-refractivity contribution in [2.45, 2.75) is 31.7 Å². The number of hydrogen-bond donors (Lipinski definition) is 2. The van der Waals surface area contributed by atoms with E-state index in [2.05, 4.69) is 0 Å². The van der Waals surface area contributed by atoms with Gasteiger partial charge in [0.15, 0.2) is 5.82 Å². The Morgan fingerprint density at radius 1 is 1.32 bits per heavy atom. The minimum Gasteiger partial charge on any atom is -0.395 e. The van der Waals surface area contributed by atoms with E-state index in [1.165, 1.54) is 0 Å². The molecule has 0 radical (unpaired) electrons. The van der Waals surface area contributed by atoms with Crippen LogP contribution in [0.3, 0.4) is 0 Å². The van der Waals surface area contributed by atoms with Crippen LogP contribution in [-0.4, -0.2) is 18.5 Å². The van der Waals surface area contributed by atoms with Gasteiger partial charge in [0.2, 0.25) is 5.91 Å². The first-order chi connectivity index (χ1) is 8.99. The summed E-state index contributed by atoms with van der Waals surface area (Å²) in [6.45, 7) is -0.0856. The Morgan fingerprint density at radius 2 is 1.95 bits per heavy atom. The second-order valence-electron chi connectivity index (χ2n) is 4.85. The van der Waals surface area contributed by atoms with Crippen molar-refractivity contribution in [3.63, 3.8) is 0 Å². The number of hydrogen-bond acceptors (Lipinski definition) is 3. The van der Waals surface area contributed by atoms with Crippen LogP contribution in [0, 0.1) is 11.6 Å². The number of nitrogens with zero attached hydrogens (tertiary/aromatic N) is 1. The smallest absolute Gasteiger partial charge is 0.236 e. The van der Waals surface area contributed by atoms with Gasteiger partial charge >= 0.3 is 0 Å². The zero-order valence-corrected chi connectivity index (χ0v) is 10.5. The number of carbonyl (C=O) groups excluding carboxylic acids is 1. The minimum atomic E-state index is -0.817. The first-order valence-electron chi connectivity index (χ1n) is 6.28. The molecule has 0 aromatic heterocycles. The van der Waals surface area contributed by atoms with Gasteiger partial charge in [0.1, 0.15) is 5.82 Å². The lowest BCUT2D eigenvalue weighted by atomic mass is 10.1. The molecular formula is C13H17F2N3O. The highest BCUT2D eigenvalue weighted by molar-refractivity contribution is 5.82. The summed E-state index contributed by atoms with van der Waals surface area (Å²) in [5, 5.41) is 0. The van der Waals surface area contributed by atoms with Gasteiger partial charge in [-0.1, -0.05) is 12.8 Å². The Kier molecular flexibility index (Phi) is 3.87. The van der Waals surface area contributed by atoms with E-state index in [4.69, 9.17) is 11.5 Å². The van der Waals surface area contributed by atoms with Gasteiger partial charge in [-0.15, -0.1) is 0 Å². The number of rotatable bonds is 4. The zero-order chi connectivity index (χ0) is 14.0. The van der Waals surface area contributed by atoms with Gasteiger partial charge in [-0.2, -0.15) is 0 Å². The Bertz CT molecular complexity index is 487. The molecule has 104 valence electrons. The fourth-order valence-corrected chi connectivity index (χ4v) is 2.60. The van der Waals surface area contributed by atoms with Crippen LogP contribution in [0.2, 0.25) is 0 Å². The van der Waals surface area contributed by atoms with Gasteiger partial charge in [-0.3, -0.25) is 4.79 Å². The van der Waals surface area contributed by atoms with Crippen LogP contribution in [-0.2, 0) is 4.79 Å². The molecule has 1 aliphatic rings. The highest BCUT2D eigenvalue weighted by atomic mass is 19.1. The molecule has 19 heavy (non-hydrogen) atoms. The maximum atomic E-state index is 13.5. The number of nitrogens with two attached hydrogens (primary N) is 2. The monoisotopic (exact) mass is 269 g/mol. The molecule has 0 heterocycles. The van der Waals surface area contributed by atoms with Crippen molar-refractivity contribution in [1.82, 2.24) is 0 Å². The molecule has 1 aromatic carbocycles. The minimum absolute atomic E-state index is 0.0519. The van der Waals surface area contributed by atoms with Crippen molar-refractivity contribution < 1.29 is 13.6 Å². The van der Waals surface area contributed by atoms with E-state index in [0.29, 0.717) is 0 Å². The van der Waals surface area contributed by atoms with Crippen LogP contribution in [0.5, 0.6) is 0 Å². The van der Waals surface area contributed by atoms with Crippen molar-refractivity contribution in [3.05, 3.63) is 23.8 Å². The average molecular weight is 269 g/mol. The Morgan fingerprint density at radius 3 is 2.53 bits per heavy atom. The van der Waals surface area contributed by atoms with E-state index in [9.17, 15) is 13.6 Å². The van der Waals surface area contributed by atoms with Crippen LogP contribution >= 0.6 is 0 Å². The molecule has 1 amide bonds. The molecule has 0 saturated heterocycles. The molecule has 0 bridgehead atoms. The van der Waals surface area contributed by atoms with Gasteiger partial charge in [0, 0.05) is 12.1 Å². The topological polar surface area (TPSA) is 72.4 Å². The Labute approximate surface area is 110 Å². The van der Waals surface area contributed by atoms with Gasteiger partial charge in [0.05, 0.1) is 17.9 Å². The van der Waals surface area contributed by atoms with Crippen molar-refractivity contribution in [2.75, 3.05) is 17.2 Å². The van der Waals surface area contributed by atoms with Crippen LogP contribution in [0.1, 0.15) is 25.7 Å². The molecule has 1 aromatic rings. The van der Waals surface area contributed by atoms with Crippen LogP contribution < -0.4 is 16.4 Å². The van der Waals surface area contributed by atoms with E-state index in [-0.39, 0.29) is 24.0 Å². The van der Waals surface area contributed by atoms with Crippen molar-refractivity contribution in [1.29, 1.82) is 0 Å². The normalized spacial score (nSPS) is 15.7. The summed E-state index contributed by atoms with van der Waals surface area (Å²) in [5.74, 6) is -2.08. The van der Waals surface area contributed by atoms with Gasteiger partial charge in [-0.25, -0.2) is 8.78 Å². The maximum Gasteiger partial charge on any atom is 0.236 e.